The van der Waals surface area contributed by atoms with Gasteiger partial charge in [-0.2, -0.15) is 0 Å². The molecule has 0 bridgehead atoms. The minimum atomic E-state index is 0.629. The largest absolute Gasteiger partial charge is 0.366 e. The Balaban J connectivity index is 1.70. The molecular weight excluding hydrogens is 324 g/mol. The molecule has 0 saturated heterocycles. The molecule has 4 rings (SSSR count). The van der Waals surface area contributed by atoms with Crippen molar-refractivity contribution in [2.45, 2.75) is 6.54 Å². The Hall–Kier alpha value is -3.67. The molecule has 0 unspecified atom stereocenters. The van der Waals surface area contributed by atoms with E-state index in [4.69, 9.17) is 4.98 Å². The maximum absolute atomic E-state index is 4.70. The van der Waals surface area contributed by atoms with E-state index in [0.717, 1.165) is 28.2 Å². The predicted octanol–water partition coefficient (Wildman–Crippen LogP) is 3.61. The molecule has 0 aliphatic rings. The average molecular weight is 340 g/mol. The van der Waals surface area contributed by atoms with Crippen molar-refractivity contribution in [3.63, 3.8) is 0 Å². The van der Waals surface area contributed by atoms with Gasteiger partial charge in [0.15, 0.2) is 5.82 Å². The van der Waals surface area contributed by atoms with Crippen molar-refractivity contribution >= 4 is 5.82 Å². The normalized spacial score (nSPS) is 10.5. The Bertz CT molecular complexity index is 917. The first-order valence-electron chi connectivity index (χ1n) is 8.21. The van der Waals surface area contributed by atoms with E-state index in [0.29, 0.717) is 12.4 Å². The molecule has 0 fully saturated rings. The van der Waals surface area contributed by atoms with E-state index in [2.05, 4.69) is 25.3 Å². The SMILES string of the molecule is c1cncc(-c2nc(NCc3ccncc3)cc(-c3ccncc3)n2)c1. The topological polar surface area (TPSA) is 76.5 Å². The molecule has 0 aliphatic heterocycles. The summed E-state index contributed by atoms with van der Waals surface area (Å²) in [5.74, 6) is 1.38. The molecule has 0 amide bonds. The van der Waals surface area contributed by atoms with Crippen LogP contribution < -0.4 is 5.32 Å². The molecule has 4 aromatic rings. The van der Waals surface area contributed by atoms with Crippen molar-refractivity contribution < 1.29 is 0 Å². The van der Waals surface area contributed by atoms with Crippen LogP contribution in [0.2, 0.25) is 0 Å². The van der Waals surface area contributed by atoms with Gasteiger partial charge in [0.2, 0.25) is 0 Å². The summed E-state index contributed by atoms with van der Waals surface area (Å²) in [4.78, 5) is 21.6. The van der Waals surface area contributed by atoms with Crippen molar-refractivity contribution in [3.8, 4) is 22.6 Å². The second kappa shape index (κ2) is 7.48. The third kappa shape index (κ3) is 3.70. The fourth-order valence-electron chi connectivity index (χ4n) is 2.53. The number of nitrogens with zero attached hydrogens (tertiary/aromatic N) is 5. The summed E-state index contributed by atoms with van der Waals surface area (Å²) in [6.07, 6.45) is 10.6. The van der Waals surface area contributed by atoms with Crippen LogP contribution in [0.15, 0.2) is 79.6 Å². The van der Waals surface area contributed by atoms with E-state index >= 15 is 0 Å². The van der Waals surface area contributed by atoms with E-state index in [1.807, 2.05) is 42.5 Å². The van der Waals surface area contributed by atoms with Gasteiger partial charge < -0.3 is 5.32 Å². The number of hydrogen-bond donors (Lipinski definition) is 1. The van der Waals surface area contributed by atoms with Gasteiger partial charge in [-0.05, 0) is 42.0 Å². The van der Waals surface area contributed by atoms with Crippen LogP contribution in [0.1, 0.15) is 5.56 Å². The molecule has 0 atom stereocenters. The van der Waals surface area contributed by atoms with Crippen molar-refractivity contribution in [2.75, 3.05) is 5.32 Å². The summed E-state index contributed by atoms with van der Waals surface area (Å²) < 4.78 is 0. The Morgan fingerprint density at radius 1 is 0.731 bits per heavy atom. The summed E-state index contributed by atoms with van der Waals surface area (Å²) in [6, 6.07) is 13.6. The predicted molar refractivity (Wildman–Crippen MR) is 100 cm³/mol. The molecule has 0 spiro atoms. The molecule has 4 aromatic heterocycles. The van der Waals surface area contributed by atoms with Crippen LogP contribution in [0.25, 0.3) is 22.6 Å². The zero-order chi connectivity index (χ0) is 17.6. The highest BCUT2D eigenvalue weighted by Crippen LogP contribution is 2.23. The minimum absolute atomic E-state index is 0.629. The highest BCUT2D eigenvalue weighted by atomic mass is 15.0. The first-order chi connectivity index (χ1) is 12.9. The number of hydrogen-bond acceptors (Lipinski definition) is 6. The van der Waals surface area contributed by atoms with Crippen LogP contribution >= 0.6 is 0 Å². The lowest BCUT2D eigenvalue weighted by Crippen LogP contribution is -2.04. The molecule has 4 heterocycles. The Kier molecular flexibility index (Phi) is 4.56. The number of pyridine rings is 3. The third-order valence-electron chi connectivity index (χ3n) is 3.84. The summed E-state index contributed by atoms with van der Waals surface area (Å²) in [5, 5.41) is 3.37. The van der Waals surface area contributed by atoms with Crippen LogP contribution in [-0.2, 0) is 6.54 Å². The van der Waals surface area contributed by atoms with Crippen molar-refractivity contribution in [1.82, 2.24) is 24.9 Å². The van der Waals surface area contributed by atoms with Gasteiger partial charge in [0.05, 0.1) is 5.69 Å². The maximum atomic E-state index is 4.70. The van der Waals surface area contributed by atoms with E-state index in [-0.39, 0.29) is 0 Å². The van der Waals surface area contributed by atoms with Crippen molar-refractivity contribution in [2.24, 2.45) is 0 Å². The van der Waals surface area contributed by atoms with Gasteiger partial charge in [0.25, 0.3) is 0 Å². The summed E-state index contributed by atoms with van der Waals surface area (Å²) in [6.45, 7) is 0.655. The minimum Gasteiger partial charge on any atom is -0.366 e. The fourth-order valence-corrected chi connectivity index (χ4v) is 2.53. The van der Waals surface area contributed by atoms with Crippen LogP contribution in [0.4, 0.5) is 5.82 Å². The second-order valence-electron chi connectivity index (χ2n) is 5.65. The van der Waals surface area contributed by atoms with Gasteiger partial charge in [0, 0.05) is 60.9 Å². The van der Waals surface area contributed by atoms with Gasteiger partial charge >= 0.3 is 0 Å². The third-order valence-corrected chi connectivity index (χ3v) is 3.84. The maximum Gasteiger partial charge on any atom is 0.163 e. The van der Waals surface area contributed by atoms with Gasteiger partial charge in [0.1, 0.15) is 5.82 Å². The molecule has 0 saturated carbocycles. The summed E-state index contributed by atoms with van der Waals surface area (Å²) in [7, 11) is 0. The van der Waals surface area contributed by atoms with Crippen LogP contribution in [0, 0.1) is 0 Å². The fraction of sp³-hybridized carbons (Fsp3) is 0.0500. The lowest BCUT2D eigenvalue weighted by Gasteiger charge is -2.10. The standard InChI is InChI=1S/C20H16N6/c1-2-17(14-23-7-1)20-25-18(16-5-10-22-11-6-16)12-19(26-20)24-13-15-3-8-21-9-4-15/h1-12,14H,13H2,(H,24,25,26). The molecule has 126 valence electrons. The first-order valence-corrected chi connectivity index (χ1v) is 8.21. The zero-order valence-corrected chi connectivity index (χ0v) is 13.9. The Morgan fingerprint density at radius 2 is 1.50 bits per heavy atom. The Morgan fingerprint density at radius 3 is 2.23 bits per heavy atom. The van der Waals surface area contributed by atoms with Crippen LogP contribution in [-0.4, -0.2) is 24.9 Å². The average Bonchev–Trinajstić information content (AvgIpc) is 2.74. The van der Waals surface area contributed by atoms with E-state index in [9.17, 15) is 0 Å². The molecule has 6 nitrogen and oxygen atoms in total. The second-order valence-corrected chi connectivity index (χ2v) is 5.65. The first kappa shape index (κ1) is 15.8. The summed E-state index contributed by atoms with van der Waals surface area (Å²) >= 11 is 0. The number of rotatable bonds is 5. The van der Waals surface area contributed by atoms with Crippen LogP contribution in [0.3, 0.4) is 0 Å². The quantitative estimate of drug-likeness (QED) is 0.598. The lowest BCUT2D eigenvalue weighted by atomic mass is 10.1. The molecule has 26 heavy (non-hydrogen) atoms. The van der Waals surface area contributed by atoms with Gasteiger partial charge in [-0.3, -0.25) is 15.0 Å². The zero-order valence-electron chi connectivity index (χ0n) is 13.9. The number of anilines is 1. The smallest absolute Gasteiger partial charge is 0.163 e. The molecule has 0 aromatic carbocycles. The lowest BCUT2D eigenvalue weighted by molar-refractivity contribution is 1.08. The highest BCUT2D eigenvalue weighted by molar-refractivity contribution is 5.66. The Labute approximate surface area is 151 Å². The molecule has 0 radical (unpaired) electrons. The molecule has 0 aliphatic carbocycles. The monoisotopic (exact) mass is 340 g/mol. The van der Waals surface area contributed by atoms with E-state index < -0.39 is 0 Å². The number of aromatic nitrogens is 5. The number of nitrogens with one attached hydrogen (secondary N) is 1. The molecule has 1 N–H and O–H groups in total. The van der Waals surface area contributed by atoms with Gasteiger partial charge in [-0.15, -0.1) is 0 Å². The molecular formula is C20H16N6. The van der Waals surface area contributed by atoms with Crippen molar-refractivity contribution in [1.29, 1.82) is 0 Å². The highest BCUT2D eigenvalue weighted by Gasteiger charge is 2.09. The van der Waals surface area contributed by atoms with Crippen LogP contribution in [0.5, 0.6) is 0 Å². The molecule has 6 heteroatoms. The van der Waals surface area contributed by atoms with Gasteiger partial charge in [-0.1, -0.05) is 0 Å². The van der Waals surface area contributed by atoms with E-state index in [1.54, 1.807) is 37.2 Å². The van der Waals surface area contributed by atoms with E-state index in [1.165, 1.54) is 0 Å². The van der Waals surface area contributed by atoms with Gasteiger partial charge in [-0.25, -0.2) is 9.97 Å². The van der Waals surface area contributed by atoms with Crippen molar-refractivity contribution in [3.05, 3.63) is 85.2 Å². The summed E-state index contributed by atoms with van der Waals surface area (Å²) in [5.41, 5.74) is 3.82.